The van der Waals surface area contributed by atoms with E-state index in [1.54, 1.807) is 24.1 Å². The zero-order chi connectivity index (χ0) is 10.6. The van der Waals surface area contributed by atoms with Gasteiger partial charge in [0.05, 0.1) is 12.2 Å². The zero-order valence-electron chi connectivity index (χ0n) is 8.10. The third kappa shape index (κ3) is 2.44. The number of carbonyl (C=O) groups excluding carboxylic acids is 1. The summed E-state index contributed by atoms with van der Waals surface area (Å²) in [7, 11) is 1.78. The SMILES string of the molecule is C#CCCC(=O)C(N)c1cnn(C)c1. The van der Waals surface area contributed by atoms with Crippen molar-refractivity contribution in [1.82, 2.24) is 9.78 Å². The van der Waals surface area contributed by atoms with Crippen LogP contribution in [0, 0.1) is 12.3 Å². The summed E-state index contributed by atoms with van der Waals surface area (Å²) in [4.78, 5) is 11.5. The van der Waals surface area contributed by atoms with Crippen LogP contribution in [0.2, 0.25) is 0 Å². The lowest BCUT2D eigenvalue weighted by molar-refractivity contribution is -0.120. The summed E-state index contributed by atoms with van der Waals surface area (Å²) in [5.41, 5.74) is 6.45. The number of rotatable bonds is 4. The Balaban J connectivity index is 2.62. The number of hydrogen-bond acceptors (Lipinski definition) is 3. The minimum atomic E-state index is -0.600. The molecule has 0 bridgehead atoms. The molecule has 4 heteroatoms. The van der Waals surface area contributed by atoms with E-state index in [1.165, 1.54) is 0 Å². The highest BCUT2D eigenvalue weighted by molar-refractivity contribution is 5.85. The Hall–Kier alpha value is -1.60. The number of hydrogen-bond donors (Lipinski definition) is 1. The molecule has 74 valence electrons. The second kappa shape index (κ2) is 4.58. The van der Waals surface area contributed by atoms with E-state index in [-0.39, 0.29) is 5.78 Å². The molecule has 1 atom stereocenters. The van der Waals surface area contributed by atoms with Gasteiger partial charge in [0, 0.05) is 31.6 Å². The van der Waals surface area contributed by atoms with E-state index in [2.05, 4.69) is 11.0 Å². The molecule has 1 heterocycles. The summed E-state index contributed by atoms with van der Waals surface area (Å²) in [5, 5.41) is 3.94. The minimum absolute atomic E-state index is 0.0454. The van der Waals surface area contributed by atoms with Crippen LogP contribution in [0.5, 0.6) is 0 Å². The maximum Gasteiger partial charge on any atom is 0.155 e. The number of carbonyl (C=O) groups is 1. The van der Waals surface area contributed by atoms with Crippen molar-refractivity contribution in [2.75, 3.05) is 0 Å². The van der Waals surface area contributed by atoms with Crippen molar-refractivity contribution in [3.63, 3.8) is 0 Å². The quantitative estimate of drug-likeness (QED) is 0.701. The Bertz CT molecular complexity index is 362. The molecule has 0 aromatic carbocycles. The molecule has 4 nitrogen and oxygen atoms in total. The van der Waals surface area contributed by atoms with Crippen LogP contribution in [0.25, 0.3) is 0 Å². The van der Waals surface area contributed by atoms with Crippen molar-refractivity contribution in [3.8, 4) is 12.3 Å². The first-order valence-corrected chi connectivity index (χ1v) is 4.35. The molecule has 0 spiro atoms. The van der Waals surface area contributed by atoms with E-state index in [0.29, 0.717) is 12.8 Å². The predicted molar refractivity (Wildman–Crippen MR) is 53.2 cm³/mol. The molecule has 0 fully saturated rings. The highest BCUT2D eigenvalue weighted by Gasteiger charge is 2.15. The largest absolute Gasteiger partial charge is 0.318 e. The molecule has 0 aliphatic heterocycles. The molecule has 0 saturated heterocycles. The van der Waals surface area contributed by atoms with Gasteiger partial charge in [0.1, 0.15) is 0 Å². The van der Waals surface area contributed by atoms with Crippen molar-refractivity contribution in [3.05, 3.63) is 18.0 Å². The van der Waals surface area contributed by atoms with Gasteiger partial charge in [0.25, 0.3) is 0 Å². The average Bonchev–Trinajstić information content (AvgIpc) is 2.60. The topological polar surface area (TPSA) is 60.9 Å². The van der Waals surface area contributed by atoms with Crippen LogP contribution >= 0.6 is 0 Å². The monoisotopic (exact) mass is 191 g/mol. The normalized spacial score (nSPS) is 12.1. The molecule has 1 unspecified atom stereocenters. The summed E-state index contributed by atoms with van der Waals surface area (Å²) < 4.78 is 1.61. The summed E-state index contributed by atoms with van der Waals surface area (Å²) in [6.45, 7) is 0. The van der Waals surface area contributed by atoms with Crippen molar-refractivity contribution >= 4 is 5.78 Å². The van der Waals surface area contributed by atoms with Crippen molar-refractivity contribution in [2.24, 2.45) is 12.8 Å². The van der Waals surface area contributed by atoms with Crippen LogP contribution < -0.4 is 5.73 Å². The molecule has 0 saturated carbocycles. The number of aromatic nitrogens is 2. The standard InChI is InChI=1S/C10H13N3O/c1-3-4-5-9(14)10(11)8-6-12-13(2)7-8/h1,6-7,10H,4-5,11H2,2H3. The summed E-state index contributed by atoms with van der Waals surface area (Å²) in [5.74, 6) is 2.37. The van der Waals surface area contributed by atoms with E-state index < -0.39 is 6.04 Å². The number of nitrogens with two attached hydrogens (primary N) is 1. The first-order valence-electron chi connectivity index (χ1n) is 4.35. The zero-order valence-corrected chi connectivity index (χ0v) is 8.10. The molecular formula is C10H13N3O. The molecular weight excluding hydrogens is 178 g/mol. The number of ketones is 1. The van der Waals surface area contributed by atoms with Crippen LogP contribution in [0.15, 0.2) is 12.4 Å². The van der Waals surface area contributed by atoms with Crippen molar-refractivity contribution < 1.29 is 4.79 Å². The molecule has 0 aliphatic carbocycles. The molecule has 2 N–H and O–H groups in total. The number of nitrogens with zero attached hydrogens (tertiary/aromatic N) is 2. The lowest BCUT2D eigenvalue weighted by atomic mass is 10.0. The van der Waals surface area contributed by atoms with Gasteiger partial charge in [-0.15, -0.1) is 12.3 Å². The molecule has 1 aromatic heterocycles. The predicted octanol–water partition coefficient (Wildman–Crippen LogP) is 0.402. The second-order valence-corrected chi connectivity index (χ2v) is 3.10. The fraction of sp³-hybridized carbons (Fsp3) is 0.400. The van der Waals surface area contributed by atoms with Crippen LogP contribution in [0.3, 0.4) is 0 Å². The van der Waals surface area contributed by atoms with E-state index in [1.807, 2.05) is 0 Å². The molecule has 1 rings (SSSR count). The van der Waals surface area contributed by atoms with Gasteiger partial charge in [-0.2, -0.15) is 5.10 Å². The smallest absolute Gasteiger partial charge is 0.155 e. The fourth-order valence-corrected chi connectivity index (χ4v) is 1.14. The first kappa shape index (κ1) is 10.5. The van der Waals surface area contributed by atoms with Crippen LogP contribution in [-0.4, -0.2) is 15.6 Å². The molecule has 14 heavy (non-hydrogen) atoms. The maximum atomic E-state index is 11.5. The van der Waals surface area contributed by atoms with Crippen LogP contribution in [0.4, 0.5) is 0 Å². The van der Waals surface area contributed by atoms with Gasteiger partial charge < -0.3 is 5.73 Å². The number of aryl methyl sites for hydroxylation is 1. The van der Waals surface area contributed by atoms with Gasteiger partial charge in [-0.1, -0.05) is 0 Å². The van der Waals surface area contributed by atoms with Crippen LogP contribution in [0.1, 0.15) is 24.4 Å². The van der Waals surface area contributed by atoms with E-state index in [0.717, 1.165) is 5.56 Å². The number of Topliss-reactive ketones (excluding diaryl/α,β-unsaturated/α-hetero) is 1. The third-order valence-electron chi connectivity index (χ3n) is 1.95. The maximum absolute atomic E-state index is 11.5. The van der Waals surface area contributed by atoms with E-state index >= 15 is 0 Å². The number of terminal acetylenes is 1. The van der Waals surface area contributed by atoms with E-state index in [9.17, 15) is 4.79 Å². The summed E-state index contributed by atoms with van der Waals surface area (Å²) in [6, 6.07) is -0.600. The molecule has 0 radical (unpaired) electrons. The van der Waals surface area contributed by atoms with Crippen LogP contribution in [-0.2, 0) is 11.8 Å². The van der Waals surface area contributed by atoms with Gasteiger partial charge in [-0.3, -0.25) is 9.48 Å². The third-order valence-corrected chi connectivity index (χ3v) is 1.95. The van der Waals surface area contributed by atoms with Crippen molar-refractivity contribution in [1.29, 1.82) is 0 Å². The highest BCUT2D eigenvalue weighted by atomic mass is 16.1. The fourth-order valence-electron chi connectivity index (χ4n) is 1.14. The molecule has 1 aromatic rings. The second-order valence-electron chi connectivity index (χ2n) is 3.10. The Morgan fingerprint density at radius 1 is 1.86 bits per heavy atom. The van der Waals surface area contributed by atoms with Gasteiger partial charge in [0.2, 0.25) is 0 Å². The van der Waals surface area contributed by atoms with Gasteiger partial charge in [-0.25, -0.2) is 0 Å². The Labute approximate surface area is 83.1 Å². The summed E-state index contributed by atoms with van der Waals surface area (Å²) >= 11 is 0. The lowest BCUT2D eigenvalue weighted by Gasteiger charge is -2.06. The van der Waals surface area contributed by atoms with Gasteiger partial charge >= 0.3 is 0 Å². The highest BCUT2D eigenvalue weighted by Crippen LogP contribution is 2.11. The minimum Gasteiger partial charge on any atom is -0.318 e. The lowest BCUT2D eigenvalue weighted by Crippen LogP contribution is -2.20. The van der Waals surface area contributed by atoms with E-state index in [4.69, 9.17) is 12.2 Å². The molecule has 0 aliphatic rings. The Kier molecular flexibility index (Phi) is 3.43. The Morgan fingerprint density at radius 3 is 3.07 bits per heavy atom. The first-order chi connectivity index (χ1) is 6.65. The van der Waals surface area contributed by atoms with Gasteiger partial charge in [-0.05, 0) is 0 Å². The average molecular weight is 191 g/mol. The van der Waals surface area contributed by atoms with Gasteiger partial charge in [0.15, 0.2) is 5.78 Å². The molecule has 0 amide bonds. The summed E-state index contributed by atoms with van der Waals surface area (Å²) in [6.07, 6.45) is 9.15. The van der Waals surface area contributed by atoms with Crippen molar-refractivity contribution in [2.45, 2.75) is 18.9 Å². The Morgan fingerprint density at radius 2 is 2.57 bits per heavy atom.